The van der Waals surface area contributed by atoms with Crippen LogP contribution in [-0.2, 0) is 4.43 Å². The van der Waals surface area contributed by atoms with Crippen molar-refractivity contribution in [3.05, 3.63) is 35.1 Å². The van der Waals surface area contributed by atoms with Crippen molar-refractivity contribution in [1.82, 2.24) is 0 Å². The second-order valence-electron chi connectivity index (χ2n) is 5.67. The molecule has 0 saturated carbocycles. The minimum atomic E-state index is -0.954. The maximum Gasteiger partial charge on any atom is 0.205 e. The van der Waals surface area contributed by atoms with Gasteiger partial charge in [0.15, 0.2) is 0 Å². The normalized spacial score (nSPS) is 13.7. The van der Waals surface area contributed by atoms with Crippen LogP contribution in [0.3, 0.4) is 0 Å². The monoisotopic (exact) mass is 267 g/mol. The van der Waals surface area contributed by atoms with Crippen molar-refractivity contribution in [3.8, 4) is 0 Å². The van der Waals surface area contributed by atoms with E-state index in [1.165, 1.54) is 12.1 Å². The Bertz CT molecular complexity index is 424. The minimum Gasteiger partial charge on any atom is -0.410 e. The second-order valence-corrected chi connectivity index (χ2v) is 7.72. The quantitative estimate of drug-likeness (QED) is 0.609. The predicted molar refractivity (Wildman–Crippen MR) is 72.6 cm³/mol. The molecule has 1 aromatic carbocycles. The van der Waals surface area contributed by atoms with Gasteiger partial charge in [-0.1, -0.05) is 20.8 Å². The molecule has 0 bridgehead atoms. The van der Waals surface area contributed by atoms with E-state index in [1.54, 1.807) is 6.07 Å². The van der Waals surface area contributed by atoms with Crippen molar-refractivity contribution in [2.75, 3.05) is 0 Å². The Kier molecular flexibility index (Phi) is 4.82. The van der Waals surface area contributed by atoms with Crippen LogP contribution in [0.15, 0.2) is 18.2 Å². The molecule has 0 aliphatic carbocycles. The van der Waals surface area contributed by atoms with Crippen molar-refractivity contribution in [2.45, 2.75) is 40.0 Å². The van der Waals surface area contributed by atoms with Gasteiger partial charge in [-0.3, -0.25) is 4.79 Å². The zero-order valence-corrected chi connectivity index (χ0v) is 12.6. The fourth-order valence-corrected chi connectivity index (χ4v) is 2.73. The lowest BCUT2D eigenvalue weighted by Gasteiger charge is -2.33. The van der Waals surface area contributed by atoms with Crippen LogP contribution in [0, 0.1) is 11.2 Å². The molecule has 0 aliphatic rings. The van der Waals surface area contributed by atoms with Crippen molar-refractivity contribution < 1.29 is 13.6 Å². The molecule has 0 fully saturated rings. The molecule has 0 heterocycles. The van der Waals surface area contributed by atoms with E-state index >= 15 is 0 Å². The highest BCUT2D eigenvalue weighted by Crippen LogP contribution is 2.37. The van der Waals surface area contributed by atoms with Crippen LogP contribution in [0.5, 0.6) is 0 Å². The van der Waals surface area contributed by atoms with E-state index in [0.717, 1.165) is 6.29 Å². The van der Waals surface area contributed by atoms with E-state index < -0.39 is 9.04 Å². The Hall–Kier alpha value is -1.00. The molecule has 2 nitrogen and oxygen atoms in total. The lowest BCUT2D eigenvalue weighted by Crippen LogP contribution is -2.26. The van der Waals surface area contributed by atoms with Gasteiger partial charge in [-0.15, -0.1) is 0 Å². The van der Waals surface area contributed by atoms with Gasteiger partial charge in [0, 0.05) is 11.1 Å². The lowest BCUT2D eigenvalue weighted by atomic mass is 9.84. The fourth-order valence-electron chi connectivity index (χ4n) is 1.78. The Balaban J connectivity index is 3.23. The molecule has 0 aliphatic heterocycles. The summed E-state index contributed by atoms with van der Waals surface area (Å²) in [5.41, 5.74) is 0.730. The number of carbonyl (C=O) groups excluding carboxylic acids is 1. The molecule has 99 valence electrons. The van der Waals surface area contributed by atoms with Crippen LogP contribution < -0.4 is 0 Å². The predicted octanol–water partition coefficient (Wildman–Crippen LogP) is 3.99. The van der Waals surface area contributed by atoms with Crippen LogP contribution >= 0.6 is 0 Å². The van der Waals surface area contributed by atoms with Crippen LogP contribution in [0.1, 0.15) is 42.8 Å². The molecule has 1 atom stereocenters. The lowest BCUT2D eigenvalue weighted by molar-refractivity contribution is 0.0830. The zero-order valence-electron chi connectivity index (χ0n) is 11.6. The van der Waals surface area contributed by atoms with Gasteiger partial charge < -0.3 is 4.43 Å². The van der Waals surface area contributed by atoms with Gasteiger partial charge in [-0.25, -0.2) is 4.39 Å². The third-order valence-corrected chi connectivity index (χ3v) is 3.29. The Morgan fingerprint density at radius 3 is 2.39 bits per heavy atom. The van der Waals surface area contributed by atoms with Gasteiger partial charge in [0.05, 0.1) is 6.10 Å². The summed E-state index contributed by atoms with van der Waals surface area (Å²) < 4.78 is 19.9. The summed E-state index contributed by atoms with van der Waals surface area (Å²) >= 11 is 0. The summed E-state index contributed by atoms with van der Waals surface area (Å²) in [6.45, 7) is 10.1. The largest absolute Gasteiger partial charge is 0.410 e. The van der Waals surface area contributed by atoms with Gasteiger partial charge >= 0.3 is 0 Å². The first kappa shape index (κ1) is 15.1. The maximum absolute atomic E-state index is 14.0. The number of rotatable bonds is 4. The average Bonchev–Trinajstić information content (AvgIpc) is 2.25. The summed E-state index contributed by atoms with van der Waals surface area (Å²) in [6.07, 6.45) is 0.396. The van der Waals surface area contributed by atoms with Crippen LogP contribution in [-0.4, -0.2) is 15.3 Å². The van der Waals surface area contributed by atoms with E-state index in [1.807, 2.05) is 33.9 Å². The van der Waals surface area contributed by atoms with Crippen molar-refractivity contribution in [3.63, 3.8) is 0 Å². The molecule has 0 amide bonds. The van der Waals surface area contributed by atoms with E-state index in [2.05, 4.69) is 0 Å². The van der Waals surface area contributed by atoms with Crippen molar-refractivity contribution in [2.24, 2.45) is 5.41 Å². The molecule has 4 heteroatoms. The minimum absolute atomic E-state index is 0.218. The summed E-state index contributed by atoms with van der Waals surface area (Å²) in [7, 11) is -0.954. The van der Waals surface area contributed by atoms with Gasteiger partial charge in [-0.05, 0) is 36.7 Å². The van der Waals surface area contributed by atoms with E-state index in [4.69, 9.17) is 4.43 Å². The van der Waals surface area contributed by atoms with E-state index in [9.17, 15) is 9.18 Å². The average molecular weight is 267 g/mol. The summed E-state index contributed by atoms with van der Waals surface area (Å²) in [4.78, 5) is 10.8. The highest BCUT2D eigenvalue weighted by Gasteiger charge is 2.30. The third kappa shape index (κ3) is 3.75. The standard InChI is InChI=1S/C14H20FO2Si/c1-14(2,3)13(17-18(4)5)11-8-10(9-16)6-7-12(11)15/h6-9,13H,1-5H3. The molecule has 1 unspecified atom stereocenters. The maximum atomic E-state index is 14.0. The molecule has 0 aromatic heterocycles. The molecule has 0 N–H and O–H groups in total. The second kappa shape index (κ2) is 5.76. The molecular weight excluding hydrogens is 247 g/mol. The smallest absolute Gasteiger partial charge is 0.205 e. The summed E-state index contributed by atoms with van der Waals surface area (Å²) in [6, 6.07) is 4.40. The number of halogens is 1. The first-order valence-corrected chi connectivity index (χ1v) is 8.38. The molecule has 1 aromatic rings. The molecule has 1 rings (SSSR count). The number of carbonyl (C=O) groups is 1. The Morgan fingerprint density at radius 1 is 1.33 bits per heavy atom. The SMILES string of the molecule is C[Si](C)OC(c1cc(C=O)ccc1F)C(C)(C)C. The molecule has 0 saturated heterocycles. The van der Waals surface area contributed by atoms with E-state index in [-0.39, 0.29) is 17.3 Å². The molecule has 18 heavy (non-hydrogen) atoms. The molecule has 1 radical (unpaired) electrons. The highest BCUT2D eigenvalue weighted by atomic mass is 28.3. The number of benzene rings is 1. The first-order chi connectivity index (χ1) is 8.25. The van der Waals surface area contributed by atoms with Gasteiger partial charge in [0.1, 0.15) is 12.1 Å². The van der Waals surface area contributed by atoms with E-state index in [0.29, 0.717) is 11.1 Å². The number of aldehydes is 1. The summed E-state index contributed by atoms with van der Waals surface area (Å²) in [5, 5.41) is 0. The van der Waals surface area contributed by atoms with Gasteiger partial charge in [-0.2, -0.15) is 0 Å². The van der Waals surface area contributed by atoms with Crippen LogP contribution in [0.25, 0.3) is 0 Å². The fraction of sp³-hybridized carbons (Fsp3) is 0.500. The number of hydrogen-bond acceptors (Lipinski definition) is 2. The van der Waals surface area contributed by atoms with Crippen molar-refractivity contribution >= 4 is 15.3 Å². The topological polar surface area (TPSA) is 26.3 Å². The molecule has 0 spiro atoms. The number of hydrogen-bond donors (Lipinski definition) is 0. The highest BCUT2D eigenvalue weighted by molar-refractivity contribution is 6.48. The van der Waals surface area contributed by atoms with Crippen molar-refractivity contribution in [1.29, 1.82) is 0 Å². The van der Waals surface area contributed by atoms with Gasteiger partial charge in [0.25, 0.3) is 0 Å². The first-order valence-electron chi connectivity index (χ1n) is 5.97. The zero-order chi connectivity index (χ0) is 13.9. The molecular formula is C14H20FO2Si. The Labute approximate surface area is 110 Å². The van der Waals surface area contributed by atoms with Crippen LogP contribution in [0.4, 0.5) is 4.39 Å². The van der Waals surface area contributed by atoms with Gasteiger partial charge in [0.2, 0.25) is 9.04 Å². The van der Waals surface area contributed by atoms with Crippen LogP contribution in [0.2, 0.25) is 13.1 Å². The Morgan fingerprint density at radius 2 is 1.94 bits per heavy atom. The summed E-state index contributed by atoms with van der Waals surface area (Å²) in [5.74, 6) is -0.316. The third-order valence-electron chi connectivity index (χ3n) is 2.58.